The van der Waals surface area contributed by atoms with Gasteiger partial charge in [0.25, 0.3) is 0 Å². The fraction of sp³-hybridized carbons (Fsp3) is 0.600. The molecule has 2 rings (SSSR count). The Morgan fingerprint density at radius 3 is 2.74 bits per heavy atom. The molecule has 19 heavy (non-hydrogen) atoms. The molecule has 0 saturated carbocycles. The van der Waals surface area contributed by atoms with Gasteiger partial charge in [0.2, 0.25) is 0 Å². The Hall–Kier alpha value is -0.970. The van der Waals surface area contributed by atoms with E-state index in [1.165, 1.54) is 6.07 Å². The van der Waals surface area contributed by atoms with Crippen molar-refractivity contribution < 1.29 is 13.9 Å². The van der Waals surface area contributed by atoms with E-state index in [1.807, 2.05) is 6.07 Å². The number of benzene rings is 1. The number of methoxy groups -OCH3 is 1. The van der Waals surface area contributed by atoms with Crippen molar-refractivity contribution in [2.24, 2.45) is 0 Å². The van der Waals surface area contributed by atoms with Crippen LogP contribution < -0.4 is 5.32 Å². The Balaban J connectivity index is 1.82. The van der Waals surface area contributed by atoms with Crippen molar-refractivity contribution in [1.82, 2.24) is 5.32 Å². The third-order valence-electron chi connectivity index (χ3n) is 3.73. The minimum atomic E-state index is -0.162. The lowest BCUT2D eigenvalue weighted by molar-refractivity contribution is 0.0805. The molecule has 0 spiro atoms. The number of ether oxygens (including phenoxy) is 2. The smallest absolute Gasteiger partial charge is 0.123 e. The van der Waals surface area contributed by atoms with Gasteiger partial charge >= 0.3 is 0 Å². The average Bonchev–Trinajstić information content (AvgIpc) is 2.36. The fourth-order valence-corrected chi connectivity index (χ4v) is 2.45. The van der Waals surface area contributed by atoms with E-state index in [2.05, 4.69) is 5.32 Å². The number of halogens is 1. The van der Waals surface area contributed by atoms with E-state index >= 15 is 0 Å². The van der Waals surface area contributed by atoms with E-state index in [1.54, 1.807) is 19.2 Å². The van der Waals surface area contributed by atoms with Gasteiger partial charge < -0.3 is 14.8 Å². The largest absolute Gasteiger partial charge is 0.385 e. The first-order valence-corrected chi connectivity index (χ1v) is 6.80. The van der Waals surface area contributed by atoms with Gasteiger partial charge in [-0.2, -0.15) is 0 Å². The molecule has 0 atom stereocenters. The van der Waals surface area contributed by atoms with Gasteiger partial charge in [-0.05, 0) is 30.5 Å². The number of rotatable bonds is 8. The van der Waals surface area contributed by atoms with E-state index < -0.39 is 0 Å². The zero-order valence-electron chi connectivity index (χ0n) is 11.5. The van der Waals surface area contributed by atoms with Crippen molar-refractivity contribution in [1.29, 1.82) is 0 Å². The van der Waals surface area contributed by atoms with Crippen molar-refractivity contribution in [3.63, 3.8) is 0 Å². The van der Waals surface area contributed by atoms with Crippen LogP contribution in [0.4, 0.5) is 4.39 Å². The van der Waals surface area contributed by atoms with E-state index in [4.69, 9.17) is 9.47 Å². The minimum absolute atomic E-state index is 0.0450. The van der Waals surface area contributed by atoms with Crippen LogP contribution in [0, 0.1) is 5.82 Å². The molecule has 1 aliphatic rings. The van der Waals surface area contributed by atoms with E-state index in [0.717, 1.165) is 44.7 Å². The van der Waals surface area contributed by atoms with Crippen molar-refractivity contribution in [3.8, 4) is 0 Å². The summed E-state index contributed by atoms with van der Waals surface area (Å²) in [6, 6.07) is 6.93. The first kappa shape index (κ1) is 14.4. The molecule has 3 nitrogen and oxygen atoms in total. The molecule has 1 aliphatic heterocycles. The summed E-state index contributed by atoms with van der Waals surface area (Å²) < 4.78 is 23.9. The third kappa shape index (κ3) is 3.75. The van der Waals surface area contributed by atoms with Crippen LogP contribution in [0.15, 0.2) is 24.3 Å². The zero-order valence-corrected chi connectivity index (χ0v) is 11.5. The normalized spacial score (nSPS) is 17.2. The third-order valence-corrected chi connectivity index (χ3v) is 3.73. The summed E-state index contributed by atoms with van der Waals surface area (Å²) in [5.74, 6) is -0.162. The first-order valence-electron chi connectivity index (χ1n) is 6.80. The second-order valence-corrected chi connectivity index (χ2v) is 5.10. The van der Waals surface area contributed by atoms with Crippen molar-refractivity contribution in [2.75, 3.05) is 40.0 Å². The Kier molecular flexibility index (Phi) is 5.31. The lowest BCUT2D eigenvalue weighted by Gasteiger charge is -2.43. The standard InChI is InChI=1S/C15H22FNO2/c1-18-7-3-8-19-9-6-15(11-17-12-15)13-4-2-5-14(16)10-13/h2,4-5,10,17H,3,6-9,11-12H2,1H3. The summed E-state index contributed by atoms with van der Waals surface area (Å²) in [4.78, 5) is 0. The molecule has 4 heteroatoms. The highest BCUT2D eigenvalue weighted by molar-refractivity contribution is 5.30. The Labute approximate surface area is 114 Å². The van der Waals surface area contributed by atoms with E-state index in [0.29, 0.717) is 6.61 Å². The second-order valence-electron chi connectivity index (χ2n) is 5.10. The molecule has 0 unspecified atom stereocenters. The van der Waals surface area contributed by atoms with Gasteiger partial charge in [0.15, 0.2) is 0 Å². The van der Waals surface area contributed by atoms with Crippen LogP contribution in [-0.4, -0.2) is 40.0 Å². The predicted octanol–water partition coefficient (Wildman–Crippen LogP) is 2.11. The van der Waals surface area contributed by atoms with Crippen molar-refractivity contribution in [3.05, 3.63) is 35.6 Å². The number of nitrogens with one attached hydrogen (secondary N) is 1. The lowest BCUT2D eigenvalue weighted by Crippen LogP contribution is -2.57. The minimum Gasteiger partial charge on any atom is -0.385 e. The SMILES string of the molecule is COCCCOCCC1(c2cccc(F)c2)CNC1. The highest BCUT2D eigenvalue weighted by Gasteiger charge is 2.38. The Bertz CT molecular complexity index is 393. The van der Waals surface area contributed by atoms with Crippen LogP contribution in [0.5, 0.6) is 0 Å². The van der Waals surface area contributed by atoms with Gasteiger partial charge in [0.05, 0.1) is 0 Å². The molecule has 0 bridgehead atoms. The van der Waals surface area contributed by atoms with Gasteiger partial charge in [0, 0.05) is 45.4 Å². The molecule has 1 aromatic carbocycles. The average molecular weight is 267 g/mol. The summed E-state index contributed by atoms with van der Waals surface area (Å²) >= 11 is 0. The van der Waals surface area contributed by atoms with E-state index in [-0.39, 0.29) is 11.2 Å². The van der Waals surface area contributed by atoms with Crippen LogP contribution in [-0.2, 0) is 14.9 Å². The molecular weight excluding hydrogens is 245 g/mol. The molecule has 1 heterocycles. The van der Waals surface area contributed by atoms with Gasteiger partial charge in [-0.25, -0.2) is 4.39 Å². The molecule has 106 valence electrons. The maximum Gasteiger partial charge on any atom is 0.123 e. The summed E-state index contributed by atoms with van der Waals surface area (Å²) in [5.41, 5.74) is 1.12. The number of hydrogen-bond donors (Lipinski definition) is 1. The maximum absolute atomic E-state index is 13.3. The van der Waals surface area contributed by atoms with Gasteiger partial charge in [-0.15, -0.1) is 0 Å². The predicted molar refractivity (Wildman–Crippen MR) is 72.9 cm³/mol. The summed E-state index contributed by atoms with van der Waals surface area (Å²) in [6.07, 6.45) is 1.85. The summed E-state index contributed by atoms with van der Waals surface area (Å²) in [7, 11) is 1.69. The van der Waals surface area contributed by atoms with E-state index in [9.17, 15) is 4.39 Å². The Morgan fingerprint density at radius 1 is 1.26 bits per heavy atom. The fourth-order valence-electron chi connectivity index (χ4n) is 2.45. The number of hydrogen-bond acceptors (Lipinski definition) is 3. The molecule has 1 N–H and O–H groups in total. The molecule has 0 aromatic heterocycles. The van der Waals surface area contributed by atoms with Crippen molar-refractivity contribution in [2.45, 2.75) is 18.3 Å². The van der Waals surface area contributed by atoms with Crippen LogP contribution in [0.25, 0.3) is 0 Å². The Morgan fingerprint density at radius 2 is 2.11 bits per heavy atom. The maximum atomic E-state index is 13.3. The molecule has 1 saturated heterocycles. The monoisotopic (exact) mass is 267 g/mol. The molecule has 1 aromatic rings. The topological polar surface area (TPSA) is 30.5 Å². The van der Waals surface area contributed by atoms with Gasteiger partial charge in [0.1, 0.15) is 5.82 Å². The quantitative estimate of drug-likeness (QED) is 0.732. The molecular formula is C15H22FNO2. The molecule has 0 radical (unpaired) electrons. The molecule has 1 fully saturated rings. The summed E-state index contributed by atoms with van der Waals surface area (Å²) in [5, 5.41) is 3.28. The molecule has 0 amide bonds. The van der Waals surface area contributed by atoms with Crippen LogP contribution in [0.1, 0.15) is 18.4 Å². The van der Waals surface area contributed by atoms with Gasteiger partial charge in [-0.1, -0.05) is 12.1 Å². The lowest BCUT2D eigenvalue weighted by atomic mass is 9.73. The molecule has 0 aliphatic carbocycles. The summed E-state index contributed by atoms with van der Waals surface area (Å²) in [6.45, 7) is 3.97. The highest BCUT2D eigenvalue weighted by atomic mass is 19.1. The van der Waals surface area contributed by atoms with Crippen LogP contribution >= 0.6 is 0 Å². The van der Waals surface area contributed by atoms with Crippen LogP contribution in [0.3, 0.4) is 0 Å². The van der Waals surface area contributed by atoms with Gasteiger partial charge in [-0.3, -0.25) is 0 Å². The van der Waals surface area contributed by atoms with Crippen molar-refractivity contribution >= 4 is 0 Å². The second kappa shape index (κ2) is 6.98. The first-order chi connectivity index (χ1) is 9.27. The highest BCUT2D eigenvalue weighted by Crippen LogP contribution is 2.32. The zero-order chi connectivity index (χ0) is 13.6. The van der Waals surface area contributed by atoms with Crippen LogP contribution in [0.2, 0.25) is 0 Å².